The second kappa shape index (κ2) is 41.1. The Labute approximate surface area is 339 Å². The summed E-state index contributed by atoms with van der Waals surface area (Å²) in [5.41, 5.74) is -0.348. The zero-order valence-corrected chi connectivity index (χ0v) is 33.6. The molecule has 0 aromatic heterocycles. The van der Waals surface area contributed by atoms with Gasteiger partial charge in [-0.25, -0.2) is 0 Å². The van der Waals surface area contributed by atoms with E-state index in [9.17, 15) is 39.6 Å². The van der Waals surface area contributed by atoms with Crippen LogP contribution in [0.4, 0.5) is 0 Å². The Kier molecular flexibility index (Phi) is 47.0. The van der Waals surface area contributed by atoms with E-state index < -0.39 is 23.9 Å². The number of carbonyl (C=O) groups excluding carboxylic acids is 4. The Morgan fingerprint density at radius 2 is 0.565 bits per heavy atom. The Hall–Kier alpha value is -0.121. The third-order valence-electron chi connectivity index (χ3n) is 7.71. The molecule has 0 aromatic rings. The molecule has 8 nitrogen and oxygen atoms in total. The second-order valence-electron chi connectivity index (χ2n) is 11.8. The molecule has 0 aliphatic heterocycles. The SMILES string of the molecule is CCCCCCCCCCCCCCC(=CC(=O)[O-])C(=O)[O-].CCCCCCCCCCCCCCC(=CC(=O)[O-])C(=O)[O-].[Ca+2].[Ca+2]. The molecule has 0 atom stereocenters. The molecule has 10 heteroatoms. The number of rotatable bonds is 30. The van der Waals surface area contributed by atoms with E-state index in [0.717, 1.165) is 25.7 Å². The molecule has 0 unspecified atom stereocenters. The number of hydrogen-bond donors (Lipinski definition) is 0. The standard InChI is InChI=1S/2C18H32O4.2Ca/c2*1-2-3-4-5-6-7-8-9-10-11-12-13-14-16(18(21)22)15-17(19)20;;/h2*15H,2-14H2,1H3,(H,19,20)(H,21,22);;/q;;2*+2/p-4. The van der Waals surface area contributed by atoms with Crippen LogP contribution in [0.2, 0.25) is 0 Å². The van der Waals surface area contributed by atoms with Crippen LogP contribution in [0, 0.1) is 0 Å². The molecule has 0 N–H and O–H groups in total. The molecule has 0 bridgehead atoms. The van der Waals surface area contributed by atoms with E-state index in [1.54, 1.807) is 0 Å². The van der Waals surface area contributed by atoms with Crippen molar-refractivity contribution in [1.82, 2.24) is 0 Å². The summed E-state index contributed by atoms with van der Waals surface area (Å²) in [6, 6.07) is 0. The van der Waals surface area contributed by atoms with E-state index in [2.05, 4.69) is 13.8 Å². The van der Waals surface area contributed by atoms with Gasteiger partial charge in [0.1, 0.15) is 0 Å². The average molecular weight is 701 g/mol. The molecule has 256 valence electrons. The van der Waals surface area contributed by atoms with Gasteiger partial charge in [-0.3, -0.25) is 0 Å². The topological polar surface area (TPSA) is 161 Å². The zero-order valence-electron chi connectivity index (χ0n) is 29.2. The van der Waals surface area contributed by atoms with Gasteiger partial charge in [0.05, 0.1) is 23.9 Å². The van der Waals surface area contributed by atoms with Gasteiger partial charge in [-0.15, -0.1) is 0 Å². The first-order valence-corrected chi connectivity index (χ1v) is 17.4. The van der Waals surface area contributed by atoms with Crippen molar-refractivity contribution in [2.45, 2.75) is 181 Å². The fraction of sp³-hybridized carbons (Fsp3) is 0.778. The van der Waals surface area contributed by atoms with Gasteiger partial charge in [-0.05, 0) is 49.0 Å². The number of carboxylic acids is 4. The molecule has 0 saturated heterocycles. The van der Waals surface area contributed by atoms with Crippen LogP contribution >= 0.6 is 0 Å². The zero-order chi connectivity index (χ0) is 33.3. The van der Waals surface area contributed by atoms with Gasteiger partial charge in [-0.1, -0.05) is 155 Å². The number of hydrogen-bond acceptors (Lipinski definition) is 8. The monoisotopic (exact) mass is 700 g/mol. The van der Waals surface area contributed by atoms with E-state index in [0.29, 0.717) is 25.0 Å². The van der Waals surface area contributed by atoms with Crippen molar-refractivity contribution in [2.75, 3.05) is 0 Å². The summed E-state index contributed by atoms with van der Waals surface area (Å²) >= 11 is 0. The summed E-state index contributed by atoms with van der Waals surface area (Å²) in [7, 11) is 0. The molecule has 46 heavy (non-hydrogen) atoms. The van der Waals surface area contributed by atoms with Gasteiger partial charge in [0.2, 0.25) is 0 Å². The van der Waals surface area contributed by atoms with Crippen LogP contribution in [-0.4, -0.2) is 99.4 Å². The number of carbonyl (C=O) groups is 4. The van der Waals surface area contributed by atoms with E-state index in [1.165, 1.54) is 116 Å². The van der Waals surface area contributed by atoms with Crippen molar-refractivity contribution in [2.24, 2.45) is 0 Å². The van der Waals surface area contributed by atoms with Crippen molar-refractivity contribution < 1.29 is 39.6 Å². The molecule has 0 saturated carbocycles. The van der Waals surface area contributed by atoms with Gasteiger partial charge in [-0.2, -0.15) is 0 Å². The van der Waals surface area contributed by atoms with E-state index in [-0.39, 0.29) is 99.5 Å². The molecule has 0 spiro atoms. The van der Waals surface area contributed by atoms with Gasteiger partial charge in [0.15, 0.2) is 0 Å². The van der Waals surface area contributed by atoms with Crippen LogP contribution in [0.15, 0.2) is 23.3 Å². The fourth-order valence-electron chi connectivity index (χ4n) is 5.06. The van der Waals surface area contributed by atoms with E-state index >= 15 is 0 Å². The second-order valence-corrected chi connectivity index (χ2v) is 11.8. The predicted octanol–water partition coefficient (Wildman–Crippen LogP) is 4.25. The van der Waals surface area contributed by atoms with Crippen molar-refractivity contribution in [3.8, 4) is 0 Å². The predicted molar refractivity (Wildman–Crippen MR) is 179 cm³/mol. The number of carboxylic acid groups (broad SMARTS) is 4. The first-order valence-electron chi connectivity index (χ1n) is 17.4. The number of aliphatic carboxylic acids is 4. The maximum Gasteiger partial charge on any atom is 2.00 e. The molecule has 0 rings (SSSR count). The summed E-state index contributed by atoms with van der Waals surface area (Å²) < 4.78 is 0. The molecule has 0 amide bonds. The Balaban J connectivity index is -0.000000367. The summed E-state index contributed by atoms with van der Waals surface area (Å²) in [6.45, 7) is 4.45. The minimum atomic E-state index is -1.47. The molecule has 0 heterocycles. The van der Waals surface area contributed by atoms with Crippen LogP contribution in [0.5, 0.6) is 0 Å². The molecule has 0 fully saturated rings. The van der Waals surface area contributed by atoms with Crippen LogP contribution in [0.1, 0.15) is 181 Å². The van der Waals surface area contributed by atoms with Gasteiger partial charge < -0.3 is 39.6 Å². The largest absolute Gasteiger partial charge is 2.00 e. The Bertz CT molecular complexity index is 746. The smallest absolute Gasteiger partial charge is 0.545 e. The van der Waals surface area contributed by atoms with Crippen LogP contribution in [-0.2, 0) is 19.2 Å². The van der Waals surface area contributed by atoms with E-state index in [1.807, 2.05) is 0 Å². The Morgan fingerprint density at radius 1 is 0.370 bits per heavy atom. The van der Waals surface area contributed by atoms with Crippen LogP contribution in [0.3, 0.4) is 0 Å². The summed E-state index contributed by atoms with van der Waals surface area (Å²) in [6.07, 6.45) is 30.5. The summed E-state index contributed by atoms with van der Waals surface area (Å²) in [4.78, 5) is 42.1. The molecule has 0 aliphatic rings. The van der Waals surface area contributed by atoms with E-state index in [4.69, 9.17) is 0 Å². The average Bonchev–Trinajstić information content (AvgIpc) is 2.96. The van der Waals surface area contributed by atoms with Crippen LogP contribution < -0.4 is 20.4 Å². The minimum absolute atomic E-state index is 0. The van der Waals surface area contributed by atoms with Crippen molar-refractivity contribution >= 4 is 99.4 Å². The van der Waals surface area contributed by atoms with Gasteiger partial charge in [0, 0.05) is 0 Å². The first-order chi connectivity index (χ1) is 21.1. The van der Waals surface area contributed by atoms with Crippen molar-refractivity contribution in [1.29, 1.82) is 0 Å². The first kappa shape index (κ1) is 52.7. The van der Waals surface area contributed by atoms with Crippen molar-refractivity contribution in [3.05, 3.63) is 23.3 Å². The quantitative estimate of drug-likeness (QED) is 0.0611. The van der Waals surface area contributed by atoms with Crippen molar-refractivity contribution in [3.63, 3.8) is 0 Å². The maximum atomic E-state index is 10.7. The Morgan fingerprint density at radius 3 is 0.739 bits per heavy atom. The minimum Gasteiger partial charge on any atom is -0.545 e. The van der Waals surface area contributed by atoms with Crippen LogP contribution in [0.25, 0.3) is 0 Å². The summed E-state index contributed by atoms with van der Waals surface area (Å²) in [5.74, 6) is -5.77. The number of unbranched alkanes of at least 4 members (excludes halogenated alkanes) is 22. The van der Waals surface area contributed by atoms with Gasteiger partial charge >= 0.3 is 75.5 Å². The molecule has 0 aliphatic carbocycles. The third kappa shape index (κ3) is 41.9. The fourth-order valence-corrected chi connectivity index (χ4v) is 5.06. The molecule has 0 radical (unpaired) electrons. The summed E-state index contributed by atoms with van der Waals surface area (Å²) in [5, 5.41) is 42.1. The molecular formula is C36H60Ca2O8. The molecule has 0 aromatic carbocycles. The molecular weight excluding hydrogens is 641 g/mol. The maximum absolute atomic E-state index is 10.7. The van der Waals surface area contributed by atoms with Gasteiger partial charge in [0.25, 0.3) is 0 Å². The third-order valence-corrected chi connectivity index (χ3v) is 7.71. The normalized spacial score (nSPS) is 11.1.